The van der Waals surface area contributed by atoms with Gasteiger partial charge >= 0.3 is 0 Å². The zero-order valence-corrected chi connectivity index (χ0v) is 19.4. The molecule has 116 valence electrons. The first-order chi connectivity index (χ1) is 7.59. The van der Waals surface area contributed by atoms with Gasteiger partial charge in [0.05, 0.1) is 0 Å². The summed E-state index contributed by atoms with van der Waals surface area (Å²) < 4.78 is 0. The zero-order valence-electron chi connectivity index (χ0n) is 12.4. The third-order valence-corrected chi connectivity index (χ3v) is 3.44. The third kappa shape index (κ3) is 12.7. The van der Waals surface area contributed by atoms with Crippen molar-refractivity contribution in [1.29, 1.82) is 0 Å². The molecule has 0 aromatic heterocycles. The monoisotopic (exact) mass is 520 g/mol. The van der Waals surface area contributed by atoms with Gasteiger partial charge in [0.2, 0.25) is 0 Å². The van der Waals surface area contributed by atoms with Crippen molar-refractivity contribution in [2.75, 3.05) is 19.5 Å². The van der Waals surface area contributed by atoms with Gasteiger partial charge in [0.15, 0.2) is 0 Å². The van der Waals surface area contributed by atoms with Crippen LogP contribution in [0.2, 0.25) is 0 Å². The summed E-state index contributed by atoms with van der Waals surface area (Å²) in [6.45, 7) is 9.01. The van der Waals surface area contributed by atoms with E-state index in [-0.39, 0.29) is 63.1 Å². The van der Waals surface area contributed by atoms with E-state index in [1.807, 2.05) is 0 Å². The Morgan fingerprint density at radius 2 is 1.55 bits per heavy atom. The van der Waals surface area contributed by atoms with Crippen LogP contribution in [0, 0.1) is 5.92 Å². The molecule has 0 bridgehead atoms. The molecule has 0 aliphatic carbocycles. The van der Waals surface area contributed by atoms with Crippen LogP contribution in [0.5, 0.6) is 0 Å². The van der Waals surface area contributed by atoms with Gasteiger partial charge in [0.25, 0.3) is 0 Å². The van der Waals surface area contributed by atoms with Gasteiger partial charge in [-0.05, 0) is 13.3 Å². The number of hydrogen-bond acceptors (Lipinski definition) is 0. The molecule has 0 heterocycles. The molecule has 2 aromatic carbocycles. The maximum Gasteiger partial charge on any atom is 0 e. The molecule has 0 saturated carbocycles. The minimum atomic E-state index is 0. The van der Waals surface area contributed by atoms with Gasteiger partial charge in [-0.2, -0.15) is 37.5 Å². The van der Waals surface area contributed by atoms with E-state index in [9.17, 15) is 0 Å². The molecular weight excluding hydrogens is 496 g/mol. The van der Waals surface area contributed by atoms with Crippen LogP contribution in [0.3, 0.4) is 0 Å². The number of rotatable bonds is 2. The first-order valence-electron chi connectivity index (χ1n) is 5.64. The molecule has 0 aliphatic rings. The summed E-state index contributed by atoms with van der Waals surface area (Å²) in [5.41, 5.74) is 0. The number of fused-ring (bicyclic) bond motifs is 1. The molecule has 0 atom stereocenters. The van der Waals surface area contributed by atoms with Gasteiger partial charge in [-0.15, -0.1) is 74.8 Å². The van der Waals surface area contributed by atoms with E-state index < -0.39 is 0 Å². The molecule has 0 aliphatic heterocycles. The minimum Gasteiger partial charge on any atom is -0.316 e. The average molecular weight is 520 g/mol. The van der Waals surface area contributed by atoms with Crippen molar-refractivity contribution in [3.63, 3.8) is 0 Å². The van der Waals surface area contributed by atoms with Crippen molar-refractivity contribution in [3.8, 4) is 0 Å². The molecule has 20 heavy (non-hydrogen) atoms. The summed E-state index contributed by atoms with van der Waals surface area (Å²) in [4.78, 5) is 0. The van der Waals surface area contributed by atoms with E-state index in [2.05, 4.69) is 69.6 Å². The summed E-state index contributed by atoms with van der Waals surface area (Å²) in [6.07, 6.45) is 1.34. The van der Waals surface area contributed by atoms with Gasteiger partial charge in [-0.25, -0.2) is 0 Å². The first-order valence-corrected chi connectivity index (χ1v) is 8.06. The van der Waals surface area contributed by atoms with E-state index in [4.69, 9.17) is 0 Å². The normalized spacial score (nSPS) is 8.50. The van der Waals surface area contributed by atoms with Gasteiger partial charge in [0.1, 0.15) is 0 Å². The van der Waals surface area contributed by atoms with Crippen molar-refractivity contribution in [2.45, 2.75) is 13.8 Å². The van der Waals surface area contributed by atoms with Gasteiger partial charge < -0.3 is 5.92 Å². The van der Waals surface area contributed by atoms with E-state index >= 15 is 0 Å². The topological polar surface area (TPSA) is 0 Å². The molecule has 0 fully saturated rings. The molecule has 0 amide bonds. The second-order valence-electron chi connectivity index (χ2n) is 4.60. The molecule has 0 saturated heterocycles. The van der Waals surface area contributed by atoms with Crippen LogP contribution < -0.4 is 0 Å². The SMILES string of the molecule is C[C-](C)CP(C)C.Cl.Cl.Cl.[Hf].c1ccc2[cH-]ccc2c1. The Bertz CT molecular complexity index is 380. The van der Waals surface area contributed by atoms with Gasteiger partial charge in [0, 0.05) is 25.8 Å². The summed E-state index contributed by atoms with van der Waals surface area (Å²) in [6, 6.07) is 14.7. The Kier molecular flexibility index (Phi) is 23.8. The molecule has 0 unspecified atom stereocenters. The third-order valence-electron chi connectivity index (χ3n) is 2.18. The number of halogens is 3. The Morgan fingerprint density at radius 1 is 1.00 bits per heavy atom. The largest absolute Gasteiger partial charge is 0.316 e. The quantitative estimate of drug-likeness (QED) is 0.253. The molecule has 0 spiro atoms. The van der Waals surface area contributed by atoms with Crippen molar-refractivity contribution in [2.24, 2.45) is 0 Å². The van der Waals surface area contributed by atoms with Crippen molar-refractivity contribution in [1.82, 2.24) is 0 Å². The standard InChI is InChI=1S/C9H7.C6H14P.3ClH.Hf/c1-2-5-9-7-3-6-8(9)4-1;1-6(2)5-7(3)4;;;;/h1-7H;5H2,1-4H3;3*1H;/q2*-1;;;;. The fourth-order valence-electron chi connectivity index (χ4n) is 1.70. The molecule has 0 radical (unpaired) electrons. The Morgan fingerprint density at radius 3 is 1.95 bits per heavy atom. The number of benzene rings is 1. The molecule has 0 nitrogen and oxygen atoms in total. The predicted molar refractivity (Wildman–Crippen MR) is 99.5 cm³/mol. The molecule has 5 heteroatoms. The van der Waals surface area contributed by atoms with Crippen LogP contribution in [0.4, 0.5) is 0 Å². The van der Waals surface area contributed by atoms with Crippen LogP contribution in [0.15, 0.2) is 42.5 Å². The maximum absolute atomic E-state index is 2.31. The van der Waals surface area contributed by atoms with Gasteiger partial charge in [-0.3, -0.25) is 0 Å². The fraction of sp³-hybridized carbons (Fsp3) is 0.333. The molecule has 0 N–H and O–H groups in total. The summed E-state index contributed by atoms with van der Waals surface area (Å²) in [7, 11) is 0.323. The maximum atomic E-state index is 2.31. The smallest absolute Gasteiger partial charge is 0 e. The van der Waals surface area contributed by atoms with E-state index in [1.54, 1.807) is 5.92 Å². The van der Waals surface area contributed by atoms with E-state index in [0.29, 0.717) is 7.92 Å². The first kappa shape index (κ1) is 29.1. The second kappa shape index (κ2) is 16.4. The van der Waals surface area contributed by atoms with Crippen LogP contribution in [-0.4, -0.2) is 19.5 Å². The fourth-order valence-corrected chi connectivity index (χ4v) is 2.97. The zero-order chi connectivity index (χ0) is 12.0. The number of hydrogen-bond donors (Lipinski definition) is 0. The van der Waals surface area contributed by atoms with Crippen LogP contribution in [0.1, 0.15) is 13.8 Å². The Balaban J connectivity index is -0.000000110. The van der Waals surface area contributed by atoms with Crippen LogP contribution >= 0.6 is 45.1 Å². The van der Waals surface area contributed by atoms with Crippen molar-refractivity contribution >= 4 is 55.9 Å². The summed E-state index contributed by atoms with van der Waals surface area (Å²) in [5.74, 6) is 1.57. The Hall–Kier alpha value is 1.00. The predicted octanol–water partition coefficient (Wildman–Crippen LogP) is 6.16. The molecule has 2 aromatic rings. The van der Waals surface area contributed by atoms with Crippen molar-refractivity contribution in [3.05, 3.63) is 48.4 Å². The molecular formula is C15H24Cl3HfP-2. The summed E-state index contributed by atoms with van der Waals surface area (Å²) >= 11 is 0. The second-order valence-corrected chi connectivity index (χ2v) is 7.08. The van der Waals surface area contributed by atoms with Crippen LogP contribution in [0.25, 0.3) is 10.8 Å². The Labute approximate surface area is 162 Å². The van der Waals surface area contributed by atoms with Crippen molar-refractivity contribution < 1.29 is 25.8 Å². The minimum absolute atomic E-state index is 0. The summed E-state index contributed by atoms with van der Waals surface area (Å²) in [5, 5.41) is 2.66. The van der Waals surface area contributed by atoms with Gasteiger partial charge in [-0.1, -0.05) is 6.07 Å². The van der Waals surface area contributed by atoms with Crippen LogP contribution in [-0.2, 0) is 25.8 Å². The average Bonchev–Trinajstić information content (AvgIpc) is 2.63. The molecule has 2 rings (SSSR count). The van der Waals surface area contributed by atoms with E-state index in [1.165, 1.54) is 16.9 Å². The van der Waals surface area contributed by atoms with E-state index in [0.717, 1.165) is 0 Å².